The zero-order valence-corrected chi connectivity index (χ0v) is 13.4. The lowest BCUT2D eigenvalue weighted by Gasteiger charge is -2.09. The van der Waals surface area contributed by atoms with Crippen LogP contribution in [-0.2, 0) is 0 Å². The zero-order valence-electron chi connectivity index (χ0n) is 13.4. The molecule has 0 radical (unpaired) electrons. The fourth-order valence-corrected chi connectivity index (χ4v) is 2.19. The topological polar surface area (TPSA) is 135 Å². The van der Waals surface area contributed by atoms with Crippen LogP contribution >= 0.6 is 0 Å². The smallest absolute Gasteiger partial charge is 0.464 e. The third-order valence-electron chi connectivity index (χ3n) is 3.40. The van der Waals surface area contributed by atoms with Gasteiger partial charge in [-0.2, -0.15) is 0 Å². The molecule has 0 spiro atoms. The standard InChI is InChI=1S/C17H10N2O8/c20-17(26-13-6-3-11(4-7-13)18(21)22)27-16-8-5-12(19(23)24)10-14(16)15-2-1-9-25-15/h1-10H. The summed E-state index contributed by atoms with van der Waals surface area (Å²) in [7, 11) is 0. The third-order valence-corrected chi connectivity index (χ3v) is 3.40. The Balaban J connectivity index is 1.81. The van der Waals surface area contributed by atoms with Crippen molar-refractivity contribution in [3.05, 3.63) is 81.1 Å². The number of non-ortho nitro benzene ring substituents is 2. The van der Waals surface area contributed by atoms with Crippen molar-refractivity contribution in [1.29, 1.82) is 0 Å². The second-order valence-electron chi connectivity index (χ2n) is 5.12. The van der Waals surface area contributed by atoms with Gasteiger partial charge in [0.2, 0.25) is 0 Å². The van der Waals surface area contributed by atoms with Crippen molar-refractivity contribution in [3.63, 3.8) is 0 Å². The van der Waals surface area contributed by atoms with E-state index in [1.807, 2.05) is 0 Å². The van der Waals surface area contributed by atoms with Crippen molar-refractivity contribution in [2.24, 2.45) is 0 Å². The first kappa shape index (κ1) is 17.6. The van der Waals surface area contributed by atoms with Crippen LogP contribution in [0.5, 0.6) is 11.5 Å². The SMILES string of the molecule is O=C(Oc1ccc([N+](=O)[O-])cc1)Oc1ccc([N+](=O)[O-])cc1-c1ccco1. The summed E-state index contributed by atoms with van der Waals surface area (Å²) in [5.74, 6) is 0.284. The molecule has 136 valence electrons. The first-order valence-electron chi connectivity index (χ1n) is 7.40. The van der Waals surface area contributed by atoms with Crippen LogP contribution in [0.3, 0.4) is 0 Å². The largest absolute Gasteiger partial charge is 0.519 e. The molecule has 0 unspecified atom stereocenters. The van der Waals surface area contributed by atoms with Gasteiger partial charge in [-0.25, -0.2) is 4.79 Å². The van der Waals surface area contributed by atoms with E-state index in [4.69, 9.17) is 13.9 Å². The molecule has 0 fully saturated rings. The number of carbonyl (C=O) groups excluding carboxylic acids is 1. The van der Waals surface area contributed by atoms with Crippen molar-refractivity contribution < 1.29 is 28.5 Å². The molecule has 0 bridgehead atoms. The number of nitro benzene ring substituents is 2. The highest BCUT2D eigenvalue weighted by atomic mass is 16.7. The van der Waals surface area contributed by atoms with Gasteiger partial charge in [0.15, 0.2) is 0 Å². The molecule has 1 heterocycles. The maximum absolute atomic E-state index is 12.0. The average Bonchev–Trinajstić information content (AvgIpc) is 3.16. The van der Waals surface area contributed by atoms with Crippen LogP contribution in [0.25, 0.3) is 11.3 Å². The number of furan rings is 1. The highest BCUT2D eigenvalue weighted by Gasteiger charge is 2.19. The lowest BCUT2D eigenvalue weighted by molar-refractivity contribution is -0.385. The minimum atomic E-state index is -1.12. The first-order chi connectivity index (χ1) is 12.9. The molecular formula is C17H10N2O8. The van der Waals surface area contributed by atoms with Gasteiger partial charge in [0.05, 0.1) is 21.7 Å². The fourth-order valence-electron chi connectivity index (χ4n) is 2.19. The number of hydrogen-bond donors (Lipinski definition) is 0. The number of nitrogens with zero attached hydrogens (tertiary/aromatic N) is 2. The van der Waals surface area contributed by atoms with E-state index in [0.717, 1.165) is 0 Å². The van der Waals surface area contributed by atoms with Crippen molar-refractivity contribution >= 4 is 17.5 Å². The Morgan fingerprint density at radius 1 is 0.889 bits per heavy atom. The second kappa shape index (κ2) is 7.35. The highest BCUT2D eigenvalue weighted by molar-refractivity contribution is 5.75. The Bertz CT molecular complexity index is 996. The van der Waals surface area contributed by atoms with Crippen LogP contribution in [0.4, 0.5) is 16.2 Å². The summed E-state index contributed by atoms with van der Waals surface area (Å²) in [6.07, 6.45) is 0.248. The first-order valence-corrected chi connectivity index (χ1v) is 7.40. The van der Waals surface area contributed by atoms with Gasteiger partial charge in [-0.3, -0.25) is 20.2 Å². The summed E-state index contributed by atoms with van der Waals surface area (Å²) in [5, 5.41) is 21.6. The second-order valence-corrected chi connectivity index (χ2v) is 5.12. The lowest BCUT2D eigenvalue weighted by atomic mass is 10.1. The van der Waals surface area contributed by atoms with Gasteiger partial charge < -0.3 is 13.9 Å². The van der Waals surface area contributed by atoms with Gasteiger partial charge in [0.1, 0.15) is 17.3 Å². The van der Waals surface area contributed by atoms with Gasteiger partial charge in [-0.05, 0) is 30.3 Å². The summed E-state index contributed by atoms with van der Waals surface area (Å²) in [5.41, 5.74) is -0.182. The average molecular weight is 370 g/mol. The third kappa shape index (κ3) is 4.07. The monoisotopic (exact) mass is 370 g/mol. The number of hydrogen-bond acceptors (Lipinski definition) is 8. The Labute approximate surface area is 150 Å². The number of rotatable bonds is 5. The molecule has 0 aliphatic rings. The van der Waals surface area contributed by atoms with Gasteiger partial charge in [0.25, 0.3) is 11.4 Å². The Kier molecular flexibility index (Phi) is 4.79. The highest BCUT2D eigenvalue weighted by Crippen LogP contribution is 2.34. The molecule has 0 aliphatic heterocycles. The molecule has 0 amide bonds. The zero-order chi connectivity index (χ0) is 19.4. The van der Waals surface area contributed by atoms with Crippen LogP contribution in [-0.4, -0.2) is 16.0 Å². The van der Waals surface area contributed by atoms with Crippen LogP contribution in [0.2, 0.25) is 0 Å². The molecule has 0 atom stereocenters. The maximum Gasteiger partial charge on any atom is 0.519 e. The molecule has 0 saturated heterocycles. The van der Waals surface area contributed by atoms with E-state index in [1.165, 1.54) is 48.7 Å². The summed E-state index contributed by atoms with van der Waals surface area (Å²) < 4.78 is 15.3. The number of ether oxygens (including phenoxy) is 2. The van der Waals surface area contributed by atoms with E-state index >= 15 is 0 Å². The summed E-state index contributed by atoms with van der Waals surface area (Å²) in [4.78, 5) is 32.4. The predicted molar refractivity (Wildman–Crippen MR) is 90.5 cm³/mol. The summed E-state index contributed by atoms with van der Waals surface area (Å²) in [6.45, 7) is 0. The molecular weight excluding hydrogens is 360 g/mol. The Hall–Kier alpha value is -4.21. The van der Waals surface area contributed by atoms with Crippen molar-refractivity contribution in [3.8, 4) is 22.8 Å². The van der Waals surface area contributed by atoms with Gasteiger partial charge in [-0.15, -0.1) is 0 Å². The molecule has 2 aromatic carbocycles. The summed E-state index contributed by atoms with van der Waals surface area (Å²) in [6, 6.07) is 11.6. The predicted octanol–water partition coefficient (Wildman–Crippen LogP) is 4.34. The molecule has 0 saturated carbocycles. The maximum atomic E-state index is 12.0. The Morgan fingerprint density at radius 2 is 1.56 bits per heavy atom. The minimum Gasteiger partial charge on any atom is -0.464 e. The van der Waals surface area contributed by atoms with E-state index in [9.17, 15) is 25.0 Å². The van der Waals surface area contributed by atoms with E-state index < -0.39 is 16.0 Å². The molecule has 3 rings (SSSR count). The van der Waals surface area contributed by atoms with Crippen molar-refractivity contribution in [2.45, 2.75) is 0 Å². The quantitative estimate of drug-likeness (QED) is 0.280. The van der Waals surface area contributed by atoms with Crippen molar-refractivity contribution in [1.82, 2.24) is 0 Å². The summed E-state index contributed by atoms with van der Waals surface area (Å²) >= 11 is 0. The van der Waals surface area contributed by atoms with Crippen LogP contribution in [0, 0.1) is 20.2 Å². The molecule has 10 heteroatoms. The molecule has 0 N–H and O–H groups in total. The van der Waals surface area contributed by atoms with Crippen LogP contribution < -0.4 is 9.47 Å². The van der Waals surface area contributed by atoms with E-state index in [-0.39, 0.29) is 34.2 Å². The van der Waals surface area contributed by atoms with Crippen molar-refractivity contribution in [2.75, 3.05) is 0 Å². The van der Waals surface area contributed by atoms with Gasteiger partial charge in [-0.1, -0.05) is 0 Å². The van der Waals surface area contributed by atoms with Gasteiger partial charge in [0, 0.05) is 24.3 Å². The van der Waals surface area contributed by atoms with Crippen LogP contribution in [0.15, 0.2) is 65.3 Å². The molecule has 0 aliphatic carbocycles. The van der Waals surface area contributed by atoms with Gasteiger partial charge >= 0.3 is 6.16 Å². The molecule has 27 heavy (non-hydrogen) atoms. The Morgan fingerprint density at radius 3 is 2.15 bits per heavy atom. The fraction of sp³-hybridized carbons (Fsp3) is 0. The lowest BCUT2D eigenvalue weighted by Crippen LogP contribution is -2.14. The number of carbonyl (C=O) groups is 1. The number of nitro groups is 2. The number of benzene rings is 2. The van der Waals surface area contributed by atoms with Crippen LogP contribution in [0.1, 0.15) is 0 Å². The minimum absolute atomic E-state index is 0.0116. The van der Waals surface area contributed by atoms with E-state index in [2.05, 4.69) is 0 Å². The molecule has 1 aromatic heterocycles. The molecule has 3 aromatic rings. The normalized spacial score (nSPS) is 10.2. The molecule has 10 nitrogen and oxygen atoms in total. The van der Waals surface area contributed by atoms with E-state index in [0.29, 0.717) is 0 Å². The van der Waals surface area contributed by atoms with E-state index in [1.54, 1.807) is 12.1 Å².